The number of alkyl halides is 1. The van der Waals surface area contributed by atoms with Gasteiger partial charge >= 0.3 is 0 Å². The van der Waals surface area contributed by atoms with Crippen molar-refractivity contribution in [3.63, 3.8) is 0 Å². The summed E-state index contributed by atoms with van der Waals surface area (Å²) >= 11 is 17.1. The standard InChI is InChI=1S/C14H13Cl2N.C2H3ClO2.C2H6/c1-2-10-6-3-4-9-13(10)17-14-11(15)7-5-8-12(14)16;3-1-5-2-4;1-2/h3-9,17H,2H2,1H3;2H,1H2;1-2H3. The molecule has 0 aromatic heterocycles. The zero-order valence-electron chi connectivity index (χ0n) is 14.0. The van der Waals surface area contributed by atoms with Crippen molar-refractivity contribution in [2.75, 3.05) is 11.4 Å². The zero-order chi connectivity index (χ0) is 18.4. The van der Waals surface area contributed by atoms with Gasteiger partial charge < -0.3 is 10.1 Å². The van der Waals surface area contributed by atoms with E-state index in [0.717, 1.165) is 17.8 Å². The first kappa shape index (κ1) is 22.6. The third kappa shape index (κ3) is 7.91. The van der Waals surface area contributed by atoms with Gasteiger partial charge in [0.2, 0.25) is 0 Å². The van der Waals surface area contributed by atoms with Crippen molar-refractivity contribution < 1.29 is 9.53 Å². The number of nitrogens with one attached hydrogen (secondary N) is 1. The predicted molar refractivity (Wildman–Crippen MR) is 105 cm³/mol. The lowest BCUT2D eigenvalue weighted by molar-refractivity contribution is -0.126. The van der Waals surface area contributed by atoms with Gasteiger partial charge in [-0.05, 0) is 30.2 Å². The van der Waals surface area contributed by atoms with E-state index in [1.807, 2.05) is 50.2 Å². The van der Waals surface area contributed by atoms with E-state index in [0.29, 0.717) is 16.5 Å². The van der Waals surface area contributed by atoms with Gasteiger partial charge in [0.15, 0.2) is 6.07 Å². The van der Waals surface area contributed by atoms with E-state index in [2.05, 4.69) is 23.0 Å². The monoisotopic (exact) mass is 389 g/mol. The minimum Gasteiger partial charge on any atom is -0.452 e. The summed E-state index contributed by atoms with van der Waals surface area (Å²) in [6, 6.07) is 13.6. The molecule has 3 nitrogen and oxygen atoms in total. The molecule has 6 heteroatoms. The maximum absolute atomic E-state index is 9.10. The molecule has 0 aliphatic heterocycles. The molecule has 0 saturated carbocycles. The molecule has 1 N–H and O–H groups in total. The van der Waals surface area contributed by atoms with Crippen molar-refractivity contribution in [3.05, 3.63) is 58.1 Å². The van der Waals surface area contributed by atoms with Crippen LogP contribution in [0.25, 0.3) is 0 Å². The molecule has 0 fully saturated rings. The van der Waals surface area contributed by atoms with Gasteiger partial charge in [0.25, 0.3) is 6.47 Å². The van der Waals surface area contributed by atoms with E-state index in [1.165, 1.54) is 5.56 Å². The molecule has 0 bridgehead atoms. The lowest BCUT2D eigenvalue weighted by Crippen LogP contribution is -1.96. The summed E-state index contributed by atoms with van der Waals surface area (Å²) < 4.78 is 3.92. The molecule has 24 heavy (non-hydrogen) atoms. The number of ether oxygens (including phenoxy) is 1. The number of benzene rings is 2. The molecule has 0 aliphatic carbocycles. The second kappa shape index (κ2) is 14.0. The van der Waals surface area contributed by atoms with Crippen molar-refractivity contribution in [1.82, 2.24) is 0 Å². The number of hydrogen-bond donors (Lipinski definition) is 1. The first-order valence-electron chi connectivity index (χ1n) is 7.54. The first-order chi connectivity index (χ1) is 11.6. The number of carbonyl (C=O) groups excluding carboxylic acids is 1. The Balaban J connectivity index is 0.000000650. The van der Waals surface area contributed by atoms with E-state index in [9.17, 15) is 0 Å². The summed E-state index contributed by atoms with van der Waals surface area (Å²) in [5.74, 6) is 0. The predicted octanol–water partition coefficient (Wildman–Crippen LogP) is 6.68. The topological polar surface area (TPSA) is 38.3 Å². The Labute approximate surface area is 158 Å². The van der Waals surface area contributed by atoms with E-state index in [-0.39, 0.29) is 6.07 Å². The number of rotatable bonds is 5. The molecule has 0 heterocycles. The maximum Gasteiger partial charge on any atom is 0.294 e. The normalized spacial score (nSPS) is 8.92. The molecule has 2 rings (SSSR count). The van der Waals surface area contributed by atoms with Gasteiger partial charge in [0.1, 0.15) is 0 Å². The third-order valence-electron chi connectivity index (χ3n) is 2.75. The van der Waals surface area contributed by atoms with Gasteiger partial charge in [-0.2, -0.15) is 0 Å². The van der Waals surface area contributed by atoms with Crippen LogP contribution in [0.15, 0.2) is 42.5 Å². The molecular weight excluding hydrogens is 369 g/mol. The van der Waals surface area contributed by atoms with Crippen molar-refractivity contribution in [2.24, 2.45) is 0 Å². The van der Waals surface area contributed by atoms with Crippen LogP contribution in [0.3, 0.4) is 0 Å². The highest BCUT2D eigenvalue weighted by molar-refractivity contribution is 6.39. The lowest BCUT2D eigenvalue weighted by atomic mass is 10.1. The number of halogens is 3. The Bertz CT molecular complexity index is 586. The lowest BCUT2D eigenvalue weighted by Gasteiger charge is -2.13. The second-order valence-electron chi connectivity index (χ2n) is 4.10. The summed E-state index contributed by atoms with van der Waals surface area (Å²) in [6.07, 6.45) is 0.964. The van der Waals surface area contributed by atoms with Crippen molar-refractivity contribution >= 4 is 52.6 Å². The molecule has 2 aromatic carbocycles. The van der Waals surface area contributed by atoms with Crippen LogP contribution in [0.4, 0.5) is 11.4 Å². The molecule has 132 valence electrons. The highest BCUT2D eigenvalue weighted by atomic mass is 35.5. The van der Waals surface area contributed by atoms with Crippen LogP contribution in [-0.4, -0.2) is 12.5 Å². The number of para-hydroxylation sites is 2. The summed E-state index contributed by atoms with van der Waals surface area (Å²) in [5, 5.41) is 4.55. The van der Waals surface area contributed by atoms with E-state index >= 15 is 0 Å². The fraction of sp³-hybridized carbons (Fsp3) is 0.278. The van der Waals surface area contributed by atoms with Crippen LogP contribution in [0.2, 0.25) is 10.0 Å². The maximum atomic E-state index is 9.10. The second-order valence-corrected chi connectivity index (χ2v) is 5.14. The zero-order valence-corrected chi connectivity index (χ0v) is 16.3. The van der Waals surface area contributed by atoms with Crippen LogP contribution in [-0.2, 0) is 16.0 Å². The number of carbonyl (C=O) groups is 1. The third-order valence-corrected chi connectivity index (χ3v) is 3.51. The molecule has 0 saturated heterocycles. The van der Waals surface area contributed by atoms with E-state index < -0.39 is 0 Å². The molecule has 0 unspecified atom stereocenters. The number of hydrogen-bond acceptors (Lipinski definition) is 3. The molecule has 0 spiro atoms. The van der Waals surface area contributed by atoms with Crippen molar-refractivity contribution in [3.8, 4) is 0 Å². The van der Waals surface area contributed by atoms with Crippen LogP contribution >= 0.6 is 34.8 Å². The Morgan fingerprint density at radius 2 is 1.62 bits per heavy atom. The van der Waals surface area contributed by atoms with E-state index in [1.54, 1.807) is 0 Å². The van der Waals surface area contributed by atoms with Crippen LogP contribution in [0, 0.1) is 0 Å². The Kier molecular flexibility index (Phi) is 13.1. The molecule has 0 aliphatic rings. The van der Waals surface area contributed by atoms with Crippen molar-refractivity contribution in [2.45, 2.75) is 27.2 Å². The molecule has 2 aromatic rings. The van der Waals surface area contributed by atoms with Gasteiger partial charge in [-0.25, -0.2) is 0 Å². The molecule has 0 radical (unpaired) electrons. The highest BCUT2D eigenvalue weighted by Gasteiger charge is 2.07. The summed E-state index contributed by atoms with van der Waals surface area (Å²) in [5.41, 5.74) is 3.05. The smallest absolute Gasteiger partial charge is 0.294 e. The van der Waals surface area contributed by atoms with E-state index in [4.69, 9.17) is 39.6 Å². The fourth-order valence-corrected chi connectivity index (χ4v) is 2.27. The van der Waals surface area contributed by atoms with Gasteiger partial charge in [-0.3, -0.25) is 4.79 Å². The van der Waals surface area contributed by atoms with Gasteiger partial charge in [0, 0.05) is 5.69 Å². The SMILES string of the molecule is CC.CCc1ccccc1Nc1c(Cl)cccc1Cl.O=COCCl. The highest BCUT2D eigenvalue weighted by Crippen LogP contribution is 2.33. The molecule has 0 amide bonds. The summed E-state index contributed by atoms with van der Waals surface area (Å²) in [6.45, 7) is 6.42. The fourth-order valence-electron chi connectivity index (χ4n) is 1.73. The minimum atomic E-state index is -0.0521. The average molecular weight is 391 g/mol. The van der Waals surface area contributed by atoms with Gasteiger partial charge in [-0.1, -0.05) is 79.8 Å². The Morgan fingerprint density at radius 3 is 2.08 bits per heavy atom. The first-order valence-corrected chi connectivity index (χ1v) is 8.83. The number of aryl methyl sites for hydroxylation is 1. The van der Waals surface area contributed by atoms with Gasteiger partial charge in [0.05, 0.1) is 15.7 Å². The van der Waals surface area contributed by atoms with Crippen LogP contribution < -0.4 is 5.32 Å². The molecular formula is C18H22Cl3NO2. The average Bonchev–Trinajstić information content (AvgIpc) is 2.61. The summed E-state index contributed by atoms with van der Waals surface area (Å²) in [7, 11) is 0. The Hall–Kier alpha value is -1.42. The van der Waals surface area contributed by atoms with Gasteiger partial charge in [-0.15, -0.1) is 0 Å². The summed E-state index contributed by atoms with van der Waals surface area (Å²) in [4.78, 5) is 9.10. The quantitative estimate of drug-likeness (QED) is 0.457. The largest absolute Gasteiger partial charge is 0.452 e. The van der Waals surface area contributed by atoms with Crippen LogP contribution in [0.5, 0.6) is 0 Å². The number of anilines is 2. The van der Waals surface area contributed by atoms with Crippen molar-refractivity contribution in [1.29, 1.82) is 0 Å². The van der Waals surface area contributed by atoms with Crippen LogP contribution in [0.1, 0.15) is 26.3 Å². The molecule has 0 atom stereocenters. The minimum absolute atomic E-state index is 0.0521. The Morgan fingerprint density at radius 1 is 1.04 bits per heavy atom.